The Balaban J connectivity index is 1.75. The van der Waals surface area contributed by atoms with E-state index in [-0.39, 0.29) is 3.74 Å². The Morgan fingerprint density at radius 2 is 1.88 bits per heavy atom. The van der Waals surface area contributed by atoms with Crippen LogP contribution in [0.2, 0.25) is 0 Å². The minimum absolute atomic E-state index is 0.139. The van der Waals surface area contributed by atoms with E-state index in [1.165, 1.54) is 19.3 Å². The van der Waals surface area contributed by atoms with Crippen molar-refractivity contribution in [2.24, 2.45) is 5.92 Å². The lowest BCUT2D eigenvalue weighted by Gasteiger charge is -2.22. The number of halogens is 2. The van der Waals surface area contributed by atoms with Gasteiger partial charge in [0.15, 0.2) is 0 Å². The number of furan rings is 1. The summed E-state index contributed by atoms with van der Waals surface area (Å²) in [6.07, 6.45) is 8.15. The molecule has 4 nitrogen and oxygen atoms in total. The summed E-state index contributed by atoms with van der Waals surface area (Å²) in [5, 5.41) is 9.51. The Morgan fingerprint density at radius 3 is 2.60 bits per heavy atom. The van der Waals surface area contributed by atoms with E-state index in [1.807, 2.05) is 18.2 Å². The van der Waals surface area contributed by atoms with Gasteiger partial charge in [0, 0.05) is 11.0 Å². The predicted molar refractivity (Wildman–Crippen MR) is 106 cm³/mol. The van der Waals surface area contributed by atoms with Crippen LogP contribution in [-0.4, -0.2) is 10.2 Å². The van der Waals surface area contributed by atoms with Crippen LogP contribution < -0.4 is 0 Å². The molecular formula is C19H18Br2N2O2. The van der Waals surface area contributed by atoms with Gasteiger partial charge in [-0.1, -0.05) is 69.3 Å². The number of aromatic nitrogens is 2. The van der Waals surface area contributed by atoms with E-state index in [0.29, 0.717) is 17.7 Å². The molecule has 0 saturated heterocycles. The molecule has 1 aromatic carbocycles. The second kappa shape index (κ2) is 7.46. The smallest absolute Gasteiger partial charge is 0.244 e. The number of allylic oxidation sites excluding steroid dienone is 1. The van der Waals surface area contributed by atoms with Crippen LogP contribution in [-0.2, 0) is 0 Å². The van der Waals surface area contributed by atoms with Crippen LogP contribution in [0.3, 0.4) is 0 Å². The Hall–Kier alpha value is -1.40. The van der Waals surface area contributed by atoms with Crippen molar-refractivity contribution in [3.8, 4) is 0 Å². The molecule has 25 heavy (non-hydrogen) atoms. The molecule has 6 heteroatoms. The van der Waals surface area contributed by atoms with Gasteiger partial charge in [0.2, 0.25) is 11.8 Å². The third-order valence-electron chi connectivity index (χ3n) is 4.66. The highest BCUT2D eigenvalue weighted by atomic mass is 79.9. The molecule has 0 unspecified atom stereocenters. The van der Waals surface area contributed by atoms with E-state index >= 15 is 0 Å². The molecule has 0 amide bonds. The average Bonchev–Trinajstić information content (AvgIpc) is 3.27. The van der Waals surface area contributed by atoms with E-state index < -0.39 is 0 Å². The number of benzene rings is 1. The third-order valence-corrected chi connectivity index (χ3v) is 5.44. The Morgan fingerprint density at radius 1 is 1.08 bits per heavy atom. The molecule has 3 aromatic rings. The lowest BCUT2D eigenvalue weighted by Crippen LogP contribution is -2.08. The van der Waals surface area contributed by atoms with Gasteiger partial charge in [0.25, 0.3) is 0 Å². The molecule has 0 atom stereocenters. The fourth-order valence-corrected chi connectivity index (χ4v) is 3.80. The number of para-hydroxylation sites is 1. The van der Waals surface area contributed by atoms with E-state index in [9.17, 15) is 0 Å². The molecule has 0 aliphatic heterocycles. The zero-order valence-corrected chi connectivity index (χ0v) is 16.8. The maximum atomic E-state index is 5.98. The fourth-order valence-electron chi connectivity index (χ4n) is 3.43. The highest BCUT2D eigenvalue weighted by Crippen LogP contribution is 2.38. The summed E-state index contributed by atoms with van der Waals surface area (Å²) in [6.45, 7) is 0. The minimum atomic E-state index is -0.139. The van der Waals surface area contributed by atoms with Crippen molar-refractivity contribution in [1.29, 1.82) is 0 Å². The van der Waals surface area contributed by atoms with Gasteiger partial charge in [-0.15, -0.1) is 10.2 Å². The molecule has 1 fully saturated rings. The lowest BCUT2D eigenvalue weighted by molar-refractivity contribution is 0.416. The second-order valence-corrected chi connectivity index (χ2v) is 9.43. The maximum Gasteiger partial charge on any atom is 0.244 e. The zero-order chi connectivity index (χ0) is 17.2. The lowest BCUT2D eigenvalue weighted by atomic mass is 9.83. The fraction of sp³-hybridized carbons (Fsp3) is 0.368. The molecule has 2 aromatic heterocycles. The van der Waals surface area contributed by atoms with Crippen molar-refractivity contribution in [1.82, 2.24) is 10.2 Å². The standard InChI is InChI=1S/C19H18Br2N2O2/c20-17(21)19-23-22-18(25-19)15(12-6-2-1-3-7-12)11-14-10-13-8-4-5-9-16(13)24-14/h4-5,8-12,17H,1-3,6-7H2. The van der Waals surface area contributed by atoms with Crippen LogP contribution in [0.5, 0.6) is 0 Å². The van der Waals surface area contributed by atoms with Gasteiger partial charge in [0.1, 0.15) is 15.1 Å². The van der Waals surface area contributed by atoms with E-state index in [1.54, 1.807) is 0 Å². The summed E-state index contributed by atoms with van der Waals surface area (Å²) >= 11 is 6.83. The van der Waals surface area contributed by atoms with Crippen molar-refractivity contribution >= 4 is 54.5 Å². The molecule has 0 bridgehead atoms. The quantitative estimate of drug-likeness (QED) is 0.401. The van der Waals surface area contributed by atoms with Gasteiger partial charge in [-0.2, -0.15) is 0 Å². The van der Waals surface area contributed by atoms with Crippen LogP contribution >= 0.6 is 31.9 Å². The highest BCUT2D eigenvalue weighted by Gasteiger charge is 2.25. The maximum absolute atomic E-state index is 5.98. The number of hydrogen-bond acceptors (Lipinski definition) is 4. The van der Waals surface area contributed by atoms with Crippen molar-refractivity contribution in [2.75, 3.05) is 0 Å². The first-order chi connectivity index (χ1) is 12.2. The molecule has 0 N–H and O–H groups in total. The summed E-state index contributed by atoms with van der Waals surface area (Å²) in [6, 6.07) is 10.1. The third kappa shape index (κ3) is 3.75. The SMILES string of the molecule is BrC(Br)c1nnc(C(=Cc2cc3ccccc3o2)C2CCCCC2)o1. The molecule has 2 heterocycles. The van der Waals surface area contributed by atoms with E-state index in [2.05, 4.69) is 60.3 Å². The van der Waals surface area contributed by atoms with Crippen LogP contribution in [0.1, 0.15) is 53.4 Å². The molecule has 1 saturated carbocycles. The first-order valence-corrected chi connectivity index (χ1v) is 10.4. The number of rotatable bonds is 4. The summed E-state index contributed by atoms with van der Waals surface area (Å²) in [4.78, 5) is 0. The van der Waals surface area contributed by atoms with Gasteiger partial charge in [0.05, 0.1) is 0 Å². The van der Waals surface area contributed by atoms with Crippen molar-refractivity contribution < 1.29 is 8.83 Å². The number of hydrogen-bond donors (Lipinski definition) is 0. The van der Waals surface area contributed by atoms with E-state index in [4.69, 9.17) is 8.83 Å². The van der Waals surface area contributed by atoms with Crippen LogP contribution in [0.4, 0.5) is 0 Å². The largest absolute Gasteiger partial charge is 0.457 e. The Bertz CT molecular complexity index is 859. The van der Waals surface area contributed by atoms with Gasteiger partial charge >= 0.3 is 0 Å². The van der Waals surface area contributed by atoms with E-state index in [0.717, 1.165) is 35.1 Å². The van der Waals surface area contributed by atoms with Gasteiger partial charge in [-0.3, -0.25) is 0 Å². The number of alkyl halides is 2. The summed E-state index contributed by atoms with van der Waals surface area (Å²) in [5.41, 5.74) is 1.97. The average molecular weight is 466 g/mol. The zero-order valence-electron chi connectivity index (χ0n) is 13.6. The minimum Gasteiger partial charge on any atom is -0.457 e. The van der Waals surface area contributed by atoms with Crippen molar-refractivity contribution in [2.45, 2.75) is 35.8 Å². The van der Waals surface area contributed by atoms with Crippen molar-refractivity contribution in [3.63, 3.8) is 0 Å². The van der Waals surface area contributed by atoms with Crippen molar-refractivity contribution in [3.05, 3.63) is 47.9 Å². The molecule has 4 rings (SSSR count). The second-order valence-electron chi connectivity index (χ2n) is 6.37. The number of fused-ring (bicyclic) bond motifs is 1. The molecule has 0 spiro atoms. The first kappa shape index (κ1) is 17.0. The molecule has 0 radical (unpaired) electrons. The number of nitrogens with zero attached hydrogens (tertiary/aromatic N) is 2. The summed E-state index contributed by atoms with van der Waals surface area (Å²) in [5.74, 6) is 2.38. The van der Waals surface area contributed by atoms with Crippen LogP contribution in [0.15, 0.2) is 39.2 Å². The normalized spacial score (nSPS) is 16.8. The molecule has 1 aliphatic rings. The molecular weight excluding hydrogens is 448 g/mol. The molecule has 1 aliphatic carbocycles. The van der Waals surface area contributed by atoms with Gasteiger partial charge < -0.3 is 8.83 Å². The van der Waals surface area contributed by atoms with Crippen LogP contribution in [0.25, 0.3) is 22.6 Å². The van der Waals surface area contributed by atoms with Gasteiger partial charge in [-0.25, -0.2) is 0 Å². The Labute approximate surface area is 162 Å². The predicted octanol–water partition coefficient (Wildman–Crippen LogP) is 6.73. The topological polar surface area (TPSA) is 52.1 Å². The highest BCUT2D eigenvalue weighted by molar-refractivity contribution is 9.24. The monoisotopic (exact) mass is 464 g/mol. The first-order valence-electron chi connectivity index (χ1n) is 8.53. The Kier molecular flexibility index (Phi) is 5.08. The van der Waals surface area contributed by atoms with Gasteiger partial charge in [-0.05, 0) is 37.0 Å². The summed E-state index contributed by atoms with van der Waals surface area (Å²) in [7, 11) is 0. The van der Waals surface area contributed by atoms with Crippen LogP contribution in [0, 0.1) is 5.92 Å². The summed E-state index contributed by atoms with van der Waals surface area (Å²) < 4.78 is 11.7. The molecule has 130 valence electrons.